The van der Waals surface area contributed by atoms with E-state index in [1.165, 1.54) is 25.5 Å². The van der Waals surface area contributed by atoms with Crippen molar-refractivity contribution in [2.24, 2.45) is 5.10 Å². The van der Waals surface area contributed by atoms with Crippen LogP contribution >= 0.6 is 11.6 Å². The van der Waals surface area contributed by atoms with Crippen molar-refractivity contribution in [1.29, 1.82) is 0 Å². The summed E-state index contributed by atoms with van der Waals surface area (Å²) in [5.41, 5.74) is 4.12. The number of carbonyl (C=O) groups is 1. The molecule has 1 amide bonds. The third-order valence-electron chi connectivity index (χ3n) is 4.47. The monoisotopic (exact) mass is 471 g/mol. The lowest BCUT2D eigenvalue weighted by molar-refractivity contribution is -0.119. The first-order valence-corrected chi connectivity index (χ1v) is 11.4. The lowest BCUT2D eigenvalue weighted by Crippen LogP contribution is -2.39. The van der Waals surface area contributed by atoms with Crippen LogP contribution in [0.1, 0.15) is 11.1 Å². The van der Waals surface area contributed by atoms with Gasteiger partial charge in [-0.15, -0.1) is 0 Å². The lowest BCUT2D eigenvalue weighted by Gasteiger charge is -2.25. The van der Waals surface area contributed by atoms with Gasteiger partial charge >= 0.3 is 0 Å². The Labute approximate surface area is 192 Å². The Kier molecular flexibility index (Phi) is 7.50. The van der Waals surface area contributed by atoms with Gasteiger partial charge in [0.2, 0.25) is 0 Å². The number of rotatable bonds is 8. The van der Waals surface area contributed by atoms with Crippen molar-refractivity contribution in [3.8, 4) is 5.75 Å². The number of carbonyl (C=O) groups excluding carboxylic acids is 1. The molecule has 166 valence electrons. The maximum atomic E-state index is 13.4. The van der Waals surface area contributed by atoms with E-state index in [9.17, 15) is 13.2 Å². The van der Waals surface area contributed by atoms with E-state index in [4.69, 9.17) is 16.3 Å². The van der Waals surface area contributed by atoms with Crippen LogP contribution in [0.2, 0.25) is 5.02 Å². The molecule has 0 unspecified atom stereocenters. The van der Waals surface area contributed by atoms with E-state index >= 15 is 0 Å². The molecule has 0 bridgehead atoms. The summed E-state index contributed by atoms with van der Waals surface area (Å²) in [6, 6.07) is 19.9. The Morgan fingerprint density at radius 3 is 2.53 bits per heavy atom. The predicted molar refractivity (Wildman–Crippen MR) is 126 cm³/mol. The molecule has 1 N–H and O–H groups in total. The van der Waals surface area contributed by atoms with E-state index in [0.29, 0.717) is 16.3 Å². The van der Waals surface area contributed by atoms with Gasteiger partial charge in [-0.2, -0.15) is 5.10 Å². The Bertz CT molecular complexity index is 1230. The molecule has 0 aliphatic heterocycles. The zero-order chi connectivity index (χ0) is 23.1. The van der Waals surface area contributed by atoms with E-state index in [1.54, 1.807) is 60.7 Å². The second-order valence-corrected chi connectivity index (χ2v) is 9.15. The van der Waals surface area contributed by atoms with Gasteiger partial charge < -0.3 is 4.74 Å². The Morgan fingerprint density at radius 1 is 1.09 bits per heavy atom. The smallest absolute Gasteiger partial charge is 0.264 e. The van der Waals surface area contributed by atoms with E-state index in [1.807, 2.05) is 6.92 Å². The highest BCUT2D eigenvalue weighted by Gasteiger charge is 2.29. The number of methoxy groups -OCH3 is 1. The van der Waals surface area contributed by atoms with Gasteiger partial charge in [0, 0.05) is 5.02 Å². The molecule has 3 rings (SSSR count). The Balaban J connectivity index is 1.91. The summed E-state index contributed by atoms with van der Waals surface area (Å²) in [6.07, 6.45) is 1.42. The third kappa shape index (κ3) is 5.66. The number of nitrogens with one attached hydrogen (secondary N) is 1. The normalized spacial score (nSPS) is 11.3. The fourth-order valence-electron chi connectivity index (χ4n) is 2.95. The molecule has 0 heterocycles. The van der Waals surface area contributed by atoms with Gasteiger partial charge in [0.05, 0.1) is 23.9 Å². The van der Waals surface area contributed by atoms with Crippen molar-refractivity contribution in [3.63, 3.8) is 0 Å². The van der Waals surface area contributed by atoms with Gasteiger partial charge in [-0.1, -0.05) is 48.0 Å². The van der Waals surface area contributed by atoms with Crippen LogP contribution in [0.4, 0.5) is 5.69 Å². The highest BCUT2D eigenvalue weighted by molar-refractivity contribution is 7.92. The van der Waals surface area contributed by atoms with Gasteiger partial charge in [-0.3, -0.25) is 9.10 Å². The van der Waals surface area contributed by atoms with E-state index in [-0.39, 0.29) is 10.6 Å². The van der Waals surface area contributed by atoms with Crippen LogP contribution < -0.4 is 14.5 Å². The average molecular weight is 472 g/mol. The summed E-state index contributed by atoms with van der Waals surface area (Å²) in [4.78, 5) is 12.7. The molecule has 0 saturated carbocycles. The molecular weight excluding hydrogens is 450 g/mol. The molecule has 0 aromatic heterocycles. The zero-order valence-electron chi connectivity index (χ0n) is 17.5. The summed E-state index contributed by atoms with van der Waals surface area (Å²) in [5, 5.41) is 4.44. The largest absolute Gasteiger partial charge is 0.495 e. The summed E-state index contributed by atoms with van der Waals surface area (Å²) in [6.45, 7) is 1.33. The standard InChI is InChI=1S/C23H22ClN3O4S/c1-17-11-12-22(31-2)21(13-17)27(32(29,30)20-9-4-3-5-10-20)16-23(28)26-25-15-18-7-6-8-19(24)14-18/h3-15H,16H2,1-2H3,(H,26,28)/b25-15-. The van der Waals surface area contributed by atoms with Crippen molar-refractivity contribution in [3.05, 3.63) is 88.9 Å². The summed E-state index contributed by atoms with van der Waals surface area (Å²) in [5.74, 6) is -0.295. The molecule has 7 nitrogen and oxygen atoms in total. The fraction of sp³-hybridized carbons (Fsp3) is 0.130. The maximum absolute atomic E-state index is 13.4. The minimum absolute atomic E-state index is 0.0544. The van der Waals surface area contributed by atoms with Gasteiger partial charge in [0.15, 0.2) is 0 Å². The van der Waals surface area contributed by atoms with Crippen LogP contribution in [0.3, 0.4) is 0 Å². The van der Waals surface area contributed by atoms with Crippen molar-refractivity contribution in [1.82, 2.24) is 5.43 Å². The number of ether oxygens (including phenoxy) is 1. The van der Waals surface area contributed by atoms with Crippen molar-refractivity contribution >= 4 is 39.4 Å². The molecule has 32 heavy (non-hydrogen) atoms. The maximum Gasteiger partial charge on any atom is 0.264 e. The molecular formula is C23H22ClN3O4S. The van der Waals surface area contributed by atoms with Gasteiger partial charge in [0.1, 0.15) is 12.3 Å². The number of sulfonamides is 1. The van der Waals surface area contributed by atoms with Crippen LogP contribution in [-0.2, 0) is 14.8 Å². The lowest BCUT2D eigenvalue weighted by atomic mass is 10.2. The second kappa shape index (κ2) is 10.3. The minimum atomic E-state index is -4.06. The topological polar surface area (TPSA) is 88.1 Å². The number of hydrogen-bond donors (Lipinski definition) is 1. The fourth-order valence-corrected chi connectivity index (χ4v) is 4.59. The van der Waals surface area contributed by atoms with Crippen molar-refractivity contribution in [2.45, 2.75) is 11.8 Å². The van der Waals surface area contributed by atoms with Crippen molar-refractivity contribution < 1.29 is 17.9 Å². The molecule has 0 atom stereocenters. The van der Waals surface area contributed by atoms with Crippen molar-refractivity contribution in [2.75, 3.05) is 18.0 Å². The van der Waals surface area contributed by atoms with Gasteiger partial charge in [-0.25, -0.2) is 13.8 Å². The van der Waals surface area contributed by atoms with Crippen LogP contribution in [0, 0.1) is 6.92 Å². The third-order valence-corrected chi connectivity index (χ3v) is 6.48. The van der Waals surface area contributed by atoms with Gasteiger partial charge in [-0.05, 0) is 54.4 Å². The molecule has 0 fully saturated rings. The Hall–Kier alpha value is -3.36. The molecule has 3 aromatic carbocycles. The molecule has 0 spiro atoms. The zero-order valence-corrected chi connectivity index (χ0v) is 19.1. The van der Waals surface area contributed by atoms with Crippen LogP contribution in [0.5, 0.6) is 5.75 Å². The molecule has 0 aliphatic carbocycles. The highest BCUT2D eigenvalue weighted by Crippen LogP contribution is 2.33. The summed E-state index contributed by atoms with van der Waals surface area (Å²) in [7, 11) is -2.62. The van der Waals surface area contributed by atoms with Crippen LogP contribution in [-0.4, -0.2) is 34.2 Å². The predicted octanol–water partition coefficient (Wildman–Crippen LogP) is 4.00. The minimum Gasteiger partial charge on any atom is -0.495 e. The first-order chi connectivity index (χ1) is 15.3. The highest BCUT2D eigenvalue weighted by atomic mass is 35.5. The average Bonchev–Trinajstić information content (AvgIpc) is 2.78. The number of hydrazone groups is 1. The molecule has 0 radical (unpaired) electrons. The van der Waals surface area contributed by atoms with E-state index < -0.39 is 22.5 Å². The second-order valence-electron chi connectivity index (χ2n) is 6.85. The SMILES string of the molecule is COc1ccc(C)cc1N(CC(=O)N/N=C\c1cccc(Cl)c1)S(=O)(=O)c1ccccc1. The van der Waals surface area contributed by atoms with E-state index in [0.717, 1.165) is 9.87 Å². The van der Waals surface area contributed by atoms with E-state index in [2.05, 4.69) is 10.5 Å². The number of aryl methyl sites for hydroxylation is 1. The molecule has 0 aliphatic rings. The first-order valence-electron chi connectivity index (χ1n) is 9.61. The number of halogens is 1. The van der Waals surface area contributed by atoms with Gasteiger partial charge in [0.25, 0.3) is 15.9 Å². The molecule has 0 saturated heterocycles. The molecule has 3 aromatic rings. The van der Waals surface area contributed by atoms with Crippen LogP contribution in [0.25, 0.3) is 0 Å². The first kappa shape index (κ1) is 23.3. The summed E-state index contributed by atoms with van der Waals surface area (Å²) < 4.78 is 33.2. The molecule has 9 heteroatoms. The quantitative estimate of drug-likeness (QED) is 0.397. The number of amides is 1. The number of hydrogen-bond acceptors (Lipinski definition) is 5. The Morgan fingerprint density at radius 2 is 1.84 bits per heavy atom. The summed E-state index contributed by atoms with van der Waals surface area (Å²) >= 11 is 5.94. The number of anilines is 1. The number of benzene rings is 3. The number of nitrogens with zero attached hydrogens (tertiary/aromatic N) is 2. The van der Waals surface area contributed by atoms with Crippen LogP contribution in [0.15, 0.2) is 82.8 Å².